The number of amides is 1. The number of hydrogen-bond donors (Lipinski definition) is 2. The van der Waals surface area contributed by atoms with Crippen molar-refractivity contribution in [2.45, 2.75) is 20.3 Å². The summed E-state index contributed by atoms with van der Waals surface area (Å²) in [6.07, 6.45) is 2.44. The quantitative estimate of drug-likeness (QED) is 0.482. The number of anilines is 1. The summed E-state index contributed by atoms with van der Waals surface area (Å²) in [7, 11) is 0. The molecule has 2 aromatic heterocycles. The van der Waals surface area contributed by atoms with E-state index in [0.29, 0.717) is 47.7 Å². The molecule has 3 heterocycles. The van der Waals surface area contributed by atoms with Gasteiger partial charge in [0.1, 0.15) is 11.5 Å². The van der Waals surface area contributed by atoms with Gasteiger partial charge in [-0.15, -0.1) is 0 Å². The number of carbonyl (C=O) groups excluding carboxylic acids is 1. The fourth-order valence-corrected chi connectivity index (χ4v) is 4.31. The first-order valence-electron chi connectivity index (χ1n) is 11.1. The predicted molar refractivity (Wildman–Crippen MR) is 126 cm³/mol. The highest BCUT2D eigenvalue weighted by Crippen LogP contribution is 2.29. The third-order valence-electron chi connectivity index (χ3n) is 6.36. The number of carbonyl (C=O) groups is 1. The molecule has 1 aliphatic rings. The van der Waals surface area contributed by atoms with Gasteiger partial charge in [-0.25, -0.2) is 19.3 Å². The molecule has 168 valence electrons. The lowest BCUT2D eigenvalue weighted by atomic mass is 9.95. The zero-order valence-corrected chi connectivity index (χ0v) is 18.5. The minimum atomic E-state index is -0.575. The zero-order valence-electron chi connectivity index (χ0n) is 18.5. The fraction of sp³-hybridized carbons (Fsp3) is 0.280. The Labute approximate surface area is 190 Å². The topological polar surface area (TPSA) is 101 Å². The van der Waals surface area contributed by atoms with Gasteiger partial charge in [-0.05, 0) is 42.5 Å². The number of halogens is 1. The SMILES string of the molecule is CC(C)C1CCN(C(=O)c2ccc(-c3cnc(N)c(-c4nc5ccccc5[nH]4)n3)cc2F)C1. The van der Waals surface area contributed by atoms with E-state index in [1.807, 2.05) is 24.3 Å². The average Bonchev–Trinajstić information content (AvgIpc) is 3.46. The molecule has 1 fully saturated rings. The van der Waals surface area contributed by atoms with Crippen LogP contribution in [0.25, 0.3) is 33.8 Å². The van der Waals surface area contributed by atoms with E-state index in [1.165, 1.54) is 18.3 Å². The molecule has 4 aromatic rings. The first-order valence-corrected chi connectivity index (χ1v) is 11.1. The number of nitrogens with zero attached hydrogens (tertiary/aromatic N) is 4. The number of fused-ring (bicyclic) bond motifs is 1. The molecule has 7 nitrogen and oxygen atoms in total. The molecule has 1 atom stereocenters. The molecule has 0 saturated carbocycles. The fourth-order valence-electron chi connectivity index (χ4n) is 4.31. The molecular formula is C25H25FN6O. The maximum Gasteiger partial charge on any atom is 0.256 e. The van der Waals surface area contributed by atoms with Gasteiger partial charge in [0.15, 0.2) is 11.6 Å². The van der Waals surface area contributed by atoms with E-state index in [9.17, 15) is 9.18 Å². The summed E-state index contributed by atoms with van der Waals surface area (Å²) < 4.78 is 15.0. The highest BCUT2D eigenvalue weighted by molar-refractivity contribution is 5.95. The van der Waals surface area contributed by atoms with Gasteiger partial charge in [0.25, 0.3) is 5.91 Å². The number of nitrogen functional groups attached to an aromatic ring is 1. The number of nitrogens with one attached hydrogen (secondary N) is 1. The van der Waals surface area contributed by atoms with Crippen LogP contribution in [0.1, 0.15) is 30.6 Å². The van der Waals surface area contributed by atoms with Crippen LogP contribution in [0.4, 0.5) is 10.2 Å². The van der Waals surface area contributed by atoms with Gasteiger partial charge in [-0.2, -0.15) is 0 Å². The molecule has 1 unspecified atom stereocenters. The van der Waals surface area contributed by atoms with Crippen molar-refractivity contribution < 1.29 is 9.18 Å². The number of hydrogen-bond acceptors (Lipinski definition) is 5. The van der Waals surface area contributed by atoms with E-state index < -0.39 is 5.82 Å². The molecule has 8 heteroatoms. The second kappa shape index (κ2) is 8.27. The highest BCUT2D eigenvalue weighted by Gasteiger charge is 2.30. The van der Waals surface area contributed by atoms with Crippen molar-refractivity contribution in [3.05, 3.63) is 60.0 Å². The lowest BCUT2D eigenvalue weighted by molar-refractivity contribution is 0.0779. The highest BCUT2D eigenvalue weighted by atomic mass is 19.1. The number of benzene rings is 2. The van der Waals surface area contributed by atoms with Gasteiger partial charge < -0.3 is 15.6 Å². The smallest absolute Gasteiger partial charge is 0.256 e. The van der Waals surface area contributed by atoms with Crippen molar-refractivity contribution in [3.63, 3.8) is 0 Å². The van der Waals surface area contributed by atoms with Crippen LogP contribution >= 0.6 is 0 Å². The maximum absolute atomic E-state index is 15.0. The standard InChI is InChI=1S/C25H25FN6O/c1-14(2)16-9-10-32(13-16)25(33)17-8-7-15(11-18(17)26)21-12-28-23(27)22(29-21)24-30-19-5-3-4-6-20(19)31-24/h3-8,11-12,14,16H,9-10,13H2,1-2H3,(H2,27,28)(H,30,31). The Balaban J connectivity index is 1.44. The van der Waals surface area contributed by atoms with Crippen LogP contribution < -0.4 is 5.73 Å². The monoisotopic (exact) mass is 444 g/mol. The maximum atomic E-state index is 15.0. The molecule has 0 spiro atoms. The summed E-state index contributed by atoms with van der Waals surface area (Å²) in [5.74, 6) is 0.823. The molecule has 0 bridgehead atoms. The minimum Gasteiger partial charge on any atom is -0.382 e. The molecule has 1 aliphatic heterocycles. The number of H-pyrrole nitrogens is 1. The van der Waals surface area contributed by atoms with Crippen molar-refractivity contribution in [2.75, 3.05) is 18.8 Å². The third-order valence-corrected chi connectivity index (χ3v) is 6.36. The normalized spacial score (nSPS) is 16.1. The summed E-state index contributed by atoms with van der Waals surface area (Å²) in [4.78, 5) is 31.2. The van der Waals surface area contributed by atoms with Gasteiger partial charge in [0.05, 0.1) is 28.5 Å². The first kappa shape index (κ1) is 21.1. The van der Waals surface area contributed by atoms with E-state index in [-0.39, 0.29) is 17.3 Å². The molecular weight excluding hydrogens is 419 g/mol. The van der Waals surface area contributed by atoms with Crippen LogP contribution in [0.5, 0.6) is 0 Å². The molecule has 1 amide bonds. The summed E-state index contributed by atoms with van der Waals surface area (Å²) in [6.45, 7) is 5.64. The number of imidazole rings is 1. The van der Waals surface area contributed by atoms with Crippen LogP contribution in [0.2, 0.25) is 0 Å². The molecule has 0 radical (unpaired) electrons. The summed E-state index contributed by atoms with van der Waals surface area (Å²) in [5.41, 5.74) is 9.12. The van der Waals surface area contributed by atoms with Gasteiger partial charge in [-0.3, -0.25) is 4.79 Å². The second-order valence-electron chi connectivity index (χ2n) is 8.83. The Morgan fingerprint density at radius 3 is 2.76 bits per heavy atom. The van der Waals surface area contributed by atoms with Crippen LogP contribution in [0.15, 0.2) is 48.7 Å². The van der Waals surface area contributed by atoms with Crippen LogP contribution in [0, 0.1) is 17.7 Å². The zero-order chi connectivity index (χ0) is 23.1. The van der Waals surface area contributed by atoms with Crippen molar-refractivity contribution in [1.29, 1.82) is 0 Å². The van der Waals surface area contributed by atoms with Crippen molar-refractivity contribution >= 4 is 22.8 Å². The Hall–Kier alpha value is -3.81. The molecule has 1 saturated heterocycles. The minimum absolute atomic E-state index is 0.0732. The number of para-hydroxylation sites is 2. The Morgan fingerprint density at radius 2 is 2.03 bits per heavy atom. The second-order valence-corrected chi connectivity index (χ2v) is 8.83. The number of aromatic nitrogens is 4. The first-order chi connectivity index (χ1) is 15.9. The average molecular weight is 445 g/mol. The van der Waals surface area contributed by atoms with Crippen molar-refractivity contribution in [1.82, 2.24) is 24.8 Å². The Morgan fingerprint density at radius 1 is 1.21 bits per heavy atom. The summed E-state index contributed by atoms with van der Waals surface area (Å²) in [6, 6.07) is 12.1. The predicted octanol–water partition coefficient (Wildman–Crippen LogP) is 4.53. The number of nitrogens with two attached hydrogens (primary N) is 1. The van der Waals surface area contributed by atoms with E-state index in [1.54, 1.807) is 11.0 Å². The van der Waals surface area contributed by atoms with Gasteiger partial charge in [0.2, 0.25) is 0 Å². The lowest BCUT2D eigenvalue weighted by Crippen LogP contribution is -2.30. The largest absolute Gasteiger partial charge is 0.382 e. The van der Waals surface area contributed by atoms with Gasteiger partial charge >= 0.3 is 0 Å². The van der Waals surface area contributed by atoms with E-state index in [0.717, 1.165) is 17.5 Å². The number of rotatable bonds is 4. The molecule has 0 aliphatic carbocycles. The van der Waals surface area contributed by atoms with Gasteiger partial charge in [0, 0.05) is 18.7 Å². The van der Waals surface area contributed by atoms with Gasteiger partial charge in [-0.1, -0.05) is 32.0 Å². The van der Waals surface area contributed by atoms with E-state index in [2.05, 4.69) is 33.8 Å². The van der Waals surface area contributed by atoms with Crippen LogP contribution in [-0.2, 0) is 0 Å². The number of likely N-dealkylation sites (tertiary alicyclic amines) is 1. The van der Waals surface area contributed by atoms with Crippen molar-refractivity contribution in [2.24, 2.45) is 11.8 Å². The van der Waals surface area contributed by atoms with E-state index in [4.69, 9.17) is 5.73 Å². The summed E-state index contributed by atoms with van der Waals surface area (Å²) in [5, 5.41) is 0. The van der Waals surface area contributed by atoms with Crippen LogP contribution in [0.3, 0.4) is 0 Å². The lowest BCUT2D eigenvalue weighted by Gasteiger charge is -2.18. The Bertz CT molecular complexity index is 1310. The summed E-state index contributed by atoms with van der Waals surface area (Å²) >= 11 is 0. The van der Waals surface area contributed by atoms with Crippen LogP contribution in [-0.4, -0.2) is 43.8 Å². The van der Waals surface area contributed by atoms with Crippen molar-refractivity contribution in [3.8, 4) is 22.8 Å². The molecule has 5 rings (SSSR count). The number of aromatic amines is 1. The Kier molecular flexibility index (Phi) is 5.28. The third kappa shape index (κ3) is 3.92. The molecule has 2 aromatic carbocycles. The molecule has 3 N–H and O–H groups in total. The van der Waals surface area contributed by atoms with E-state index >= 15 is 0 Å². The molecule has 33 heavy (non-hydrogen) atoms.